The lowest BCUT2D eigenvalue weighted by Gasteiger charge is -2.14. The van der Waals surface area contributed by atoms with E-state index in [0.29, 0.717) is 30.4 Å². The van der Waals surface area contributed by atoms with Crippen LogP contribution in [-0.2, 0) is 13.0 Å². The SMILES string of the molecule is NC(=O)c1cccc2c(-c3nc(NCc4ccccc4)c4c(n3)OCCCC4)[nH]cc12. The molecule has 0 spiro atoms. The van der Waals surface area contributed by atoms with Crippen LogP contribution in [0.25, 0.3) is 22.3 Å². The number of rotatable bonds is 5. The first-order valence-electron chi connectivity index (χ1n) is 10.4. The molecule has 0 saturated heterocycles. The minimum atomic E-state index is -0.465. The number of hydrogen-bond donors (Lipinski definition) is 3. The zero-order valence-corrected chi connectivity index (χ0v) is 17.0. The van der Waals surface area contributed by atoms with E-state index in [4.69, 9.17) is 20.4 Å². The van der Waals surface area contributed by atoms with Crippen LogP contribution in [0.2, 0.25) is 0 Å². The van der Waals surface area contributed by atoms with E-state index in [-0.39, 0.29) is 0 Å². The molecule has 4 aromatic rings. The molecule has 0 unspecified atom stereocenters. The lowest BCUT2D eigenvalue weighted by Crippen LogP contribution is -2.10. The van der Waals surface area contributed by atoms with Crippen LogP contribution in [0.1, 0.15) is 34.3 Å². The lowest BCUT2D eigenvalue weighted by atomic mass is 10.1. The number of H-pyrrole nitrogens is 1. The molecule has 0 aliphatic carbocycles. The van der Waals surface area contributed by atoms with Gasteiger partial charge in [0.05, 0.1) is 17.9 Å². The number of nitrogens with two attached hydrogens (primary N) is 1. The Balaban J connectivity index is 1.59. The third-order valence-electron chi connectivity index (χ3n) is 5.56. The van der Waals surface area contributed by atoms with Gasteiger partial charge in [-0.15, -0.1) is 0 Å². The van der Waals surface area contributed by atoms with Crippen molar-refractivity contribution in [2.24, 2.45) is 5.73 Å². The van der Waals surface area contributed by atoms with E-state index < -0.39 is 5.91 Å². The molecule has 7 nitrogen and oxygen atoms in total. The number of ether oxygens (including phenoxy) is 1. The Kier molecular flexibility index (Phi) is 5.00. The summed E-state index contributed by atoms with van der Waals surface area (Å²) in [6.07, 6.45) is 4.65. The van der Waals surface area contributed by atoms with Gasteiger partial charge in [-0.2, -0.15) is 4.98 Å². The molecule has 7 heteroatoms. The first-order chi connectivity index (χ1) is 15.2. The number of benzene rings is 2. The molecule has 1 amide bonds. The molecule has 2 aromatic heterocycles. The van der Waals surface area contributed by atoms with Gasteiger partial charge in [0, 0.05) is 29.1 Å². The van der Waals surface area contributed by atoms with Crippen molar-refractivity contribution < 1.29 is 9.53 Å². The number of fused-ring (bicyclic) bond motifs is 2. The summed E-state index contributed by atoms with van der Waals surface area (Å²) in [4.78, 5) is 24.6. The summed E-state index contributed by atoms with van der Waals surface area (Å²) in [5.41, 5.74) is 8.91. The van der Waals surface area contributed by atoms with Gasteiger partial charge in [0.1, 0.15) is 5.82 Å². The minimum absolute atomic E-state index is 0.465. The van der Waals surface area contributed by atoms with Crippen LogP contribution in [0.15, 0.2) is 54.7 Å². The van der Waals surface area contributed by atoms with E-state index in [0.717, 1.165) is 47.1 Å². The van der Waals surface area contributed by atoms with E-state index in [1.165, 1.54) is 5.56 Å². The van der Waals surface area contributed by atoms with Crippen molar-refractivity contribution in [3.63, 3.8) is 0 Å². The Morgan fingerprint density at radius 2 is 1.94 bits per heavy atom. The van der Waals surface area contributed by atoms with Gasteiger partial charge in [0.2, 0.25) is 11.8 Å². The maximum atomic E-state index is 11.8. The Bertz CT molecular complexity index is 1250. The number of carbonyl (C=O) groups excluding carboxylic acids is 1. The second kappa shape index (κ2) is 8.10. The molecule has 0 atom stereocenters. The highest BCUT2D eigenvalue weighted by atomic mass is 16.5. The first-order valence-corrected chi connectivity index (χ1v) is 10.4. The summed E-state index contributed by atoms with van der Waals surface area (Å²) in [6.45, 7) is 1.29. The highest BCUT2D eigenvalue weighted by molar-refractivity contribution is 6.09. The van der Waals surface area contributed by atoms with E-state index in [1.54, 1.807) is 12.3 Å². The van der Waals surface area contributed by atoms with Crippen LogP contribution in [0.4, 0.5) is 5.82 Å². The number of aromatic amines is 1. The normalized spacial score (nSPS) is 13.3. The summed E-state index contributed by atoms with van der Waals surface area (Å²) in [6, 6.07) is 15.7. The number of anilines is 1. The van der Waals surface area contributed by atoms with Gasteiger partial charge in [-0.1, -0.05) is 42.5 Å². The lowest BCUT2D eigenvalue weighted by molar-refractivity contribution is 0.100. The van der Waals surface area contributed by atoms with E-state index in [2.05, 4.69) is 22.4 Å². The molecule has 4 N–H and O–H groups in total. The van der Waals surface area contributed by atoms with Crippen LogP contribution in [0.5, 0.6) is 5.88 Å². The highest BCUT2D eigenvalue weighted by Gasteiger charge is 2.21. The smallest absolute Gasteiger partial charge is 0.249 e. The molecular formula is C24H23N5O2. The molecule has 31 heavy (non-hydrogen) atoms. The fraction of sp³-hybridized carbons (Fsp3) is 0.208. The van der Waals surface area contributed by atoms with Crippen molar-refractivity contribution in [3.05, 3.63) is 71.4 Å². The topological polar surface area (TPSA) is 106 Å². The second-order valence-corrected chi connectivity index (χ2v) is 7.62. The Labute approximate surface area is 179 Å². The molecule has 1 aliphatic heterocycles. The largest absolute Gasteiger partial charge is 0.477 e. The zero-order chi connectivity index (χ0) is 21.2. The first kappa shape index (κ1) is 19.1. The van der Waals surface area contributed by atoms with Gasteiger partial charge in [-0.25, -0.2) is 4.98 Å². The third kappa shape index (κ3) is 3.70. The van der Waals surface area contributed by atoms with E-state index in [1.807, 2.05) is 30.3 Å². The van der Waals surface area contributed by atoms with Crippen molar-refractivity contribution in [2.75, 3.05) is 11.9 Å². The molecule has 156 valence electrons. The highest BCUT2D eigenvalue weighted by Crippen LogP contribution is 2.34. The van der Waals surface area contributed by atoms with Crippen LogP contribution in [0.3, 0.4) is 0 Å². The number of nitrogens with one attached hydrogen (secondary N) is 2. The van der Waals surface area contributed by atoms with Gasteiger partial charge in [-0.3, -0.25) is 4.79 Å². The van der Waals surface area contributed by atoms with E-state index in [9.17, 15) is 4.79 Å². The Hall–Kier alpha value is -3.87. The van der Waals surface area contributed by atoms with Crippen molar-refractivity contribution in [2.45, 2.75) is 25.8 Å². The van der Waals surface area contributed by atoms with Gasteiger partial charge < -0.3 is 20.8 Å². The Morgan fingerprint density at radius 1 is 1.06 bits per heavy atom. The third-order valence-corrected chi connectivity index (χ3v) is 5.56. The van der Waals surface area contributed by atoms with Crippen molar-refractivity contribution in [1.29, 1.82) is 0 Å². The van der Waals surface area contributed by atoms with Crippen LogP contribution < -0.4 is 15.8 Å². The molecule has 1 aliphatic rings. The number of hydrogen-bond acceptors (Lipinski definition) is 5. The van der Waals surface area contributed by atoms with Gasteiger partial charge in [0.25, 0.3) is 0 Å². The van der Waals surface area contributed by atoms with Crippen molar-refractivity contribution in [3.8, 4) is 17.4 Å². The number of nitrogens with zero attached hydrogens (tertiary/aromatic N) is 2. The molecule has 0 radical (unpaired) electrons. The number of aromatic nitrogens is 3. The molecule has 0 saturated carbocycles. The average Bonchev–Trinajstić information content (AvgIpc) is 3.08. The second-order valence-electron chi connectivity index (χ2n) is 7.62. The number of amides is 1. The van der Waals surface area contributed by atoms with Crippen molar-refractivity contribution in [1.82, 2.24) is 15.0 Å². The molecule has 3 heterocycles. The standard InChI is InChI=1S/C24H23N5O2/c25-21(30)17-11-6-10-16-19(17)14-26-20(16)23-28-22(27-13-15-7-2-1-3-8-15)18-9-4-5-12-31-24(18)29-23/h1-3,6-8,10-11,14,26H,4-5,9,12-13H2,(H2,25,30)(H,27,28,29). The maximum Gasteiger partial charge on any atom is 0.249 e. The predicted octanol–water partition coefficient (Wildman–Crippen LogP) is 4.05. The van der Waals surface area contributed by atoms with Gasteiger partial charge >= 0.3 is 0 Å². The summed E-state index contributed by atoms with van der Waals surface area (Å²) < 4.78 is 5.97. The average molecular weight is 413 g/mol. The Morgan fingerprint density at radius 3 is 2.77 bits per heavy atom. The summed E-state index contributed by atoms with van der Waals surface area (Å²) in [5.74, 6) is 1.45. The maximum absolute atomic E-state index is 11.8. The monoisotopic (exact) mass is 413 g/mol. The van der Waals surface area contributed by atoms with Crippen molar-refractivity contribution >= 4 is 22.5 Å². The van der Waals surface area contributed by atoms with Gasteiger partial charge in [-0.05, 0) is 30.9 Å². The zero-order valence-electron chi connectivity index (χ0n) is 17.0. The predicted molar refractivity (Wildman–Crippen MR) is 120 cm³/mol. The van der Waals surface area contributed by atoms with E-state index >= 15 is 0 Å². The van der Waals surface area contributed by atoms with Crippen LogP contribution in [-0.4, -0.2) is 27.5 Å². The molecule has 5 rings (SSSR count). The number of carbonyl (C=O) groups is 1. The summed E-state index contributed by atoms with van der Waals surface area (Å²) in [5, 5.41) is 5.08. The molecular weight excluding hydrogens is 390 g/mol. The fourth-order valence-corrected chi connectivity index (χ4v) is 3.98. The number of primary amides is 1. The minimum Gasteiger partial charge on any atom is -0.477 e. The van der Waals surface area contributed by atoms with Gasteiger partial charge in [0.15, 0.2) is 5.82 Å². The molecule has 0 fully saturated rings. The quantitative estimate of drug-likeness (QED) is 0.458. The summed E-state index contributed by atoms with van der Waals surface area (Å²) >= 11 is 0. The summed E-state index contributed by atoms with van der Waals surface area (Å²) in [7, 11) is 0. The van der Waals surface area contributed by atoms with Crippen LogP contribution in [0, 0.1) is 0 Å². The molecule has 0 bridgehead atoms. The molecule has 2 aromatic carbocycles. The fourth-order valence-electron chi connectivity index (χ4n) is 3.98. The van der Waals surface area contributed by atoms with Crippen LogP contribution >= 0.6 is 0 Å².